The number of nitrogens with one attached hydrogen (secondary N) is 2. The van der Waals surface area contributed by atoms with E-state index in [0.717, 1.165) is 103 Å². The second-order valence-corrected chi connectivity index (χ2v) is 11.5. The van der Waals surface area contributed by atoms with Crippen LogP contribution in [-0.2, 0) is 37.0 Å². The van der Waals surface area contributed by atoms with Crippen LogP contribution in [0.2, 0.25) is 0 Å². The van der Waals surface area contributed by atoms with Crippen LogP contribution in [-0.4, -0.2) is 89.2 Å². The highest BCUT2D eigenvalue weighted by molar-refractivity contribution is 6.06. The maximum absolute atomic E-state index is 13.7. The van der Waals surface area contributed by atoms with E-state index in [0.29, 0.717) is 24.7 Å². The van der Waals surface area contributed by atoms with Crippen LogP contribution in [0.1, 0.15) is 46.9 Å². The molecule has 4 aromatic rings. The number of aryl methyl sites for hydroxylation is 2. The van der Waals surface area contributed by atoms with Gasteiger partial charge in [-0.1, -0.05) is 13.8 Å². The van der Waals surface area contributed by atoms with Gasteiger partial charge in [-0.3, -0.25) is 9.48 Å². The van der Waals surface area contributed by atoms with Crippen LogP contribution >= 0.6 is 0 Å². The Labute approximate surface area is 264 Å². The number of piperazine rings is 1. The minimum absolute atomic E-state index is 0.138. The molecule has 1 fully saturated rings. The normalized spacial score (nSPS) is 14.6. The van der Waals surface area contributed by atoms with Gasteiger partial charge in [-0.15, -0.1) is 0 Å². The van der Waals surface area contributed by atoms with Gasteiger partial charge >= 0.3 is 0 Å². The van der Waals surface area contributed by atoms with Crippen molar-refractivity contribution in [1.29, 1.82) is 0 Å². The summed E-state index contributed by atoms with van der Waals surface area (Å²) in [4.78, 5) is 27.9. The molecule has 5 heterocycles. The number of fused-ring (bicyclic) bond motifs is 3. The molecule has 3 aromatic heterocycles. The molecule has 0 radical (unpaired) electrons. The first kappa shape index (κ1) is 30.6. The number of methoxy groups -OCH3 is 2. The number of likely N-dealkylation sites (N-methyl/N-ethyl adjacent to an activating group) is 1. The number of amides is 1. The van der Waals surface area contributed by atoms with Crippen molar-refractivity contribution >= 4 is 28.9 Å². The molecule has 1 amide bonds. The summed E-state index contributed by atoms with van der Waals surface area (Å²) in [5.41, 5.74) is 7.23. The standard InChI is InChI=1S/C33H43N9O3/c1-6-25-30(27(7-2)42(38-25)18-19-44-4)36-32(43)24-12-13-41-28(24)11-8-22-21-34-33(37-31(22)41)35-26-10-9-23(20-29(26)45-5)40-16-14-39(3)15-17-40/h9-10,12-13,20-21H,6-8,11,14-19H2,1-5H3,(H,36,43)(H,34,35,37). The van der Waals surface area contributed by atoms with Crippen LogP contribution in [0.15, 0.2) is 36.7 Å². The fourth-order valence-corrected chi connectivity index (χ4v) is 6.23. The van der Waals surface area contributed by atoms with E-state index in [4.69, 9.17) is 19.6 Å². The molecule has 0 spiro atoms. The molecule has 0 bridgehead atoms. The SMILES string of the molecule is CCc1nn(CCOC)c(CC)c1NC(=O)c1ccn2c1CCc1cnc(Nc3ccc(N4CCN(C)CC4)cc3OC)nc1-2. The van der Waals surface area contributed by atoms with Crippen LogP contribution < -0.4 is 20.3 Å². The van der Waals surface area contributed by atoms with E-state index in [2.05, 4.69) is 58.4 Å². The van der Waals surface area contributed by atoms with Gasteiger partial charge in [0.15, 0.2) is 0 Å². The smallest absolute Gasteiger partial charge is 0.257 e. The maximum Gasteiger partial charge on any atom is 0.257 e. The number of hydrogen-bond donors (Lipinski definition) is 2. The van der Waals surface area contributed by atoms with Gasteiger partial charge < -0.3 is 34.5 Å². The Morgan fingerprint density at radius 1 is 1.04 bits per heavy atom. The summed E-state index contributed by atoms with van der Waals surface area (Å²) in [6, 6.07) is 8.07. The predicted molar refractivity (Wildman–Crippen MR) is 176 cm³/mol. The summed E-state index contributed by atoms with van der Waals surface area (Å²) in [5.74, 6) is 1.84. The van der Waals surface area contributed by atoms with Gasteiger partial charge in [-0.2, -0.15) is 10.1 Å². The third-order valence-corrected chi connectivity index (χ3v) is 8.78. The lowest BCUT2D eigenvalue weighted by molar-refractivity contribution is 0.102. The average Bonchev–Trinajstić information content (AvgIpc) is 3.65. The van der Waals surface area contributed by atoms with E-state index in [9.17, 15) is 4.79 Å². The summed E-state index contributed by atoms with van der Waals surface area (Å²) in [7, 11) is 5.51. The Hall–Kier alpha value is -4.42. The lowest BCUT2D eigenvalue weighted by Gasteiger charge is -2.34. The first-order valence-corrected chi connectivity index (χ1v) is 15.8. The van der Waals surface area contributed by atoms with E-state index in [1.165, 1.54) is 0 Å². The monoisotopic (exact) mass is 613 g/mol. The zero-order chi connectivity index (χ0) is 31.5. The van der Waals surface area contributed by atoms with Gasteiger partial charge in [0, 0.05) is 68.7 Å². The van der Waals surface area contributed by atoms with Gasteiger partial charge in [0.1, 0.15) is 11.6 Å². The second-order valence-electron chi connectivity index (χ2n) is 11.5. The van der Waals surface area contributed by atoms with E-state index >= 15 is 0 Å². The van der Waals surface area contributed by atoms with Gasteiger partial charge in [0.2, 0.25) is 5.95 Å². The van der Waals surface area contributed by atoms with Gasteiger partial charge in [-0.25, -0.2) is 4.98 Å². The minimum Gasteiger partial charge on any atom is -0.494 e. The molecule has 0 unspecified atom stereocenters. The molecular formula is C33H43N9O3. The molecule has 2 N–H and O–H groups in total. The molecule has 238 valence electrons. The second kappa shape index (κ2) is 13.3. The highest BCUT2D eigenvalue weighted by Crippen LogP contribution is 2.33. The number of hydrogen-bond acceptors (Lipinski definition) is 9. The number of carbonyl (C=O) groups is 1. The number of benzene rings is 1. The molecule has 45 heavy (non-hydrogen) atoms. The molecular weight excluding hydrogens is 570 g/mol. The summed E-state index contributed by atoms with van der Waals surface area (Å²) in [6.07, 6.45) is 6.73. The Kier molecular flexibility index (Phi) is 9.04. The average molecular weight is 614 g/mol. The molecule has 12 heteroatoms. The van der Waals surface area contributed by atoms with Crippen molar-refractivity contribution in [1.82, 2.24) is 29.2 Å². The fraction of sp³-hybridized carbons (Fsp3) is 0.455. The van der Waals surface area contributed by atoms with E-state index < -0.39 is 0 Å². The molecule has 2 aliphatic rings. The van der Waals surface area contributed by atoms with Crippen LogP contribution in [0, 0.1) is 0 Å². The van der Waals surface area contributed by atoms with Crippen molar-refractivity contribution in [2.75, 3.05) is 69.6 Å². The highest BCUT2D eigenvalue weighted by atomic mass is 16.5. The van der Waals surface area contributed by atoms with Crippen molar-refractivity contribution in [3.05, 3.63) is 64.9 Å². The highest BCUT2D eigenvalue weighted by Gasteiger charge is 2.26. The van der Waals surface area contributed by atoms with Gasteiger partial charge in [0.25, 0.3) is 5.91 Å². The van der Waals surface area contributed by atoms with Crippen molar-refractivity contribution in [3.63, 3.8) is 0 Å². The van der Waals surface area contributed by atoms with E-state index in [-0.39, 0.29) is 5.91 Å². The third kappa shape index (κ3) is 6.12. The van der Waals surface area contributed by atoms with Gasteiger partial charge in [-0.05, 0) is 50.9 Å². The zero-order valence-electron chi connectivity index (χ0n) is 26.9. The first-order chi connectivity index (χ1) is 21.9. The van der Waals surface area contributed by atoms with Crippen LogP contribution in [0.3, 0.4) is 0 Å². The Morgan fingerprint density at radius 3 is 2.60 bits per heavy atom. The molecule has 12 nitrogen and oxygen atoms in total. The largest absolute Gasteiger partial charge is 0.494 e. The van der Waals surface area contributed by atoms with Crippen molar-refractivity contribution in [2.24, 2.45) is 0 Å². The van der Waals surface area contributed by atoms with E-state index in [1.807, 2.05) is 33.8 Å². The molecule has 0 aliphatic carbocycles. The number of ether oxygens (including phenoxy) is 2. The third-order valence-electron chi connectivity index (χ3n) is 8.78. The summed E-state index contributed by atoms with van der Waals surface area (Å²) >= 11 is 0. The molecule has 6 rings (SSSR count). The first-order valence-electron chi connectivity index (χ1n) is 15.8. The lowest BCUT2D eigenvalue weighted by atomic mass is 10.0. The van der Waals surface area contributed by atoms with Crippen molar-refractivity contribution in [3.8, 4) is 11.6 Å². The Balaban J connectivity index is 1.23. The molecule has 0 atom stereocenters. The maximum atomic E-state index is 13.7. The predicted octanol–water partition coefficient (Wildman–Crippen LogP) is 4.09. The lowest BCUT2D eigenvalue weighted by Crippen LogP contribution is -2.44. The van der Waals surface area contributed by atoms with Crippen LogP contribution in [0.25, 0.3) is 5.82 Å². The Morgan fingerprint density at radius 2 is 1.87 bits per heavy atom. The number of anilines is 4. The molecule has 1 aromatic carbocycles. The minimum atomic E-state index is -0.138. The summed E-state index contributed by atoms with van der Waals surface area (Å²) in [6.45, 7) is 9.38. The number of nitrogens with zero attached hydrogens (tertiary/aromatic N) is 7. The molecule has 1 saturated heterocycles. The topological polar surface area (TPSA) is 115 Å². The van der Waals surface area contributed by atoms with Crippen LogP contribution in [0.5, 0.6) is 5.75 Å². The van der Waals surface area contributed by atoms with Crippen molar-refractivity contribution < 1.29 is 14.3 Å². The summed E-state index contributed by atoms with van der Waals surface area (Å²) < 4.78 is 15.0. The number of aromatic nitrogens is 5. The van der Waals surface area contributed by atoms with Gasteiger partial charge in [0.05, 0.1) is 48.6 Å². The zero-order valence-corrected chi connectivity index (χ0v) is 26.9. The number of carbonyl (C=O) groups excluding carboxylic acids is 1. The summed E-state index contributed by atoms with van der Waals surface area (Å²) in [5, 5.41) is 11.3. The number of rotatable bonds is 11. The van der Waals surface area contributed by atoms with E-state index in [1.54, 1.807) is 14.2 Å². The molecule has 0 saturated carbocycles. The van der Waals surface area contributed by atoms with Crippen LogP contribution in [0.4, 0.5) is 23.0 Å². The molecule has 2 aliphatic heterocycles. The fourth-order valence-electron chi connectivity index (χ4n) is 6.23. The Bertz CT molecular complexity index is 1670. The quantitative estimate of drug-likeness (QED) is 0.258. The van der Waals surface area contributed by atoms with Crippen molar-refractivity contribution in [2.45, 2.75) is 46.1 Å².